The van der Waals surface area contributed by atoms with Crippen LogP contribution in [-0.2, 0) is 12.8 Å². The largest absolute Gasteiger partial charge is 0.389 e. The van der Waals surface area contributed by atoms with Crippen LogP contribution in [-0.4, -0.2) is 4.99 Å². The Labute approximate surface area is 139 Å². The third kappa shape index (κ3) is 3.63. The molecule has 2 aromatic rings. The molecule has 0 aliphatic heterocycles. The van der Waals surface area contributed by atoms with Crippen molar-refractivity contribution in [3.05, 3.63) is 57.6 Å². The second kappa shape index (κ2) is 7.05. The maximum absolute atomic E-state index is 5.84. The molecule has 2 aromatic carbocycles. The van der Waals surface area contributed by atoms with E-state index < -0.39 is 0 Å². The number of nitrogens with two attached hydrogens (primary N) is 1. The fraction of sp³-hybridized carbons (Fsp3) is 0.235. The number of nitrogens with one attached hydrogen (secondary N) is 1. The number of thiocarbonyl (C=S) groups is 1. The van der Waals surface area contributed by atoms with Crippen LogP contribution in [0.25, 0.3) is 0 Å². The number of para-hydroxylation sites is 1. The summed E-state index contributed by atoms with van der Waals surface area (Å²) >= 11 is 8.66. The first kappa shape index (κ1) is 16.0. The van der Waals surface area contributed by atoms with Gasteiger partial charge in [-0.1, -0.05) is 60.2 Å². The van der Waals surface area contributed by atoms with E-state index in [0.29, 0.717) is 4.99 Å². The highest BCUT2D eigenvalue weighted by Crippen LogP contribution is 2.30. The first-order valence-corrected chi connectivity index (χ1v) is 8.24. The topological polar surface area (TPSA) is 38.0 Å². The van der Waals surface area contributed by atoms with Gasteiger partial charge in [0, 0.05) is 21.4 Å². The molecule has 0 aromatic heterocycles. The zero-order chi connectivity index (χ0) is 15.4. The van der Waals surface area contributed by atoms with Crippen molar-refractivity contribution in [1.29, 1.82) is 0 Å². The van der Waals surface area contributed by atoms with Gasteiger partial charge in [0.15, 0.2) is 0 Å². The molecule has 3 N–H and O–H groups in total. The minimum atomic E-state index is 0.400. The highest BCUT2D eigenvalue weighted by molar-refractivity contribution is 9.10. The second-order valence-corrected chi connectivity index (χ2v) is 6.19. The van der Waals surface area contributed by atoms with Gasteiger partial charge in [-0.25, -0.2) is 0 Å². The van der Waals surface area contributed by atoms with E-state index in [1.807, 2.05) is 18.2 Å². The molecule has 0 saturated heterocycles. The number of halogens is 1. The van der Waals surface area contributed by atoms with Crippen LogP contribution in [0.1, 0.15) is 30.5 Å². The van der Waals surface area contributed by atoms with E-state index in [9.17, 15) is 0 Å². The van der Waals surface area contributed by atoms with Crippen LogP contribution in [0.5, 0.6) is 0 Å². The molecule has 0 radical (unpaired) electrons. The van der Waals surface area contributed by atoms with Crippen molar-refractivity contribution in [3.63, 3.8) is 0 Å². The molecule has 0 saturated carbocycles. The van der Waals surface area contributed by atoms with Crippen LogP contribution >= 0.6 is 28.1 Å². The van der Waals surface area contributed by atoms with Gasteiger partial charge in [-0.3, -0.25) is 0 Å². The van der Waals surface area contributed by atoms with E-state index in [1.54, 1.807) is 0 Å². The summed E-state index contributed by atoms with van der Waals surface area (Å²) in [4.78, 5) is 0.400. The van der Waals surface area contributed by atoms with E-state index in [0.717, 1.165) is 34.3 Å². The van der Waals surface area contributed by atoms with Gasteiger partial charge in [0.1, 0.15) is 4.99 Å². The summed E-state index contributed by atoms with van der Waals surface area (Å²) in [5, 5.41) is 3.54. The van der Waals surface area contributed by atoms with Crippen molar-refractivity contribution >= 4 is 44.5 Å². The molecule has 0 heterocycles. The molecule has 0 aliphatic carbocycles. The Morgan fingerprint density at radius 3 is 2.29 bits per heavy atom. The Morgan fingerprint density at radius 2 is 1.76 bits per heavy atom. The van der Waals surface area contributed by atoms with Crippen LogP contribution in [0.4, 0.5) is 11.4 Å². The molecule has 0 unspecified atom stereocenters. The summed E-state index contributed by atoms with van der Waals surface area (Å²) in [7, 11) is 0. The lowest BCUT2D eigenvalue weighted by atomic mass is 10.0. The summed E-state index contributed by atoms with van der Waals surface area (Å²) < 4.78 is 0.997. The van der Waals surface area contributed by atoms with Crippen molar-refractivity contribution in [2.45, 2.75) is 26.7 Å². The number of anilines is 2. The van der Waals surface area contributed by atoms with Gasteiger partial charge >= 0.3 is 0 Å². The lowest BCUT2D eigenvalue weighted by molar-refractivity contribution is 1.09. The van der Waals surface area contributed by atoms with Crippen LogP contribution < -0.4 is 11.1 Å². The maximum Gasteiger partial charge on any atom is 0.106 e. The Hall–Kier alpha value is -1.39. The normalized spacial score (nSPS) is 10.4. The van der Waals surface area contributed by atoms with Crippen LogP contribution in [0, 0.1) is 0 Å². The smallest absolute Gasteiger partial charge is 0.106 e. The first-order chi connectivity index (χ1) is 10.1. The van der Waals surface area contributed by atoms with Crippen molar-refractivity contribution in [2.75, 3.05) is 5.32 Å². The van der Waals surface area contributed by atoms with E-state index >= 15 is 0 Å². The lowest BCUT2D eigenvalue weighted by Gasteiger charge is -2.18. The summed E-state index contributed by atoms with van der Waals surface area (Å²) in [5.41, 5.74) is 11.4. The number of aryl methyl sites for hydroxylation is 2. The molecule has 0 amide bonds. The van der Waals surface area contributed by atoms with Gasteiger partial charge in [0.2, 0.25) is 0 Å². The molecule has 0 bridgehead atoms. The van der Waals surface area contributed by atoms with E-state index in [4.69, 9.17) is 18.0 Å². The zero-order valence-corrected chi connectivity index (χ0v) is 14.6. The Balaban J connectivity index is 2.52. The molecule has 21 heavy (non-hydrogen) atoms. The molecule has 4 heteroatoms. The zero-order valence-electron chi connectivity index (χ0n) is 12.2. The summed E-state index contributed by atoms with van der Waals surface area (Å²) in [6.45, 7) is 4.32. The minimum absolute atomic E-state index is 0.400. The molecular weight excluding hydrogens is 344 g/mol. The first-order valence-electron chi connectivity index (χ1n) is 7.04. The Morgan fingerprint density at radius 1 is 1.14 bits per heavy atom. The predicted molar refractivity (Wildman–Crippen MR) is 98.5 cm³/mol. The highest BCUT2D eigenvalue weighted by Gasteiger charge is 2.11. The van der Waals surface area contributed by atoms with Crippen molar-refractivity contribution in [3.8, 4) is 0 Å². The maximum atomic E-state index is 5.84. The van der Waals surface area contributed by atoms with Crippen molar-refractivity contribution < 1.29 is 0 Å². The van der Waals surface area contributed by atoms with Gasteiger partial charge in [-0.2, -0.15) is 0 Å². The number of hydrogen-bond donors (Lipinski definition) is 2. The monoisotopic (exact) mass is 362 g/mol. The average molecular weight is 363 g/mol. The predicted octanol–water partition coefficient (Wildman–Crippen LogP) is 4.95. The number of hydrogen-bond acceptors (Lipinski definition) is 2. The molecule has 2 nitrogen and oxygen atoms in total. The van der Waals surface area contributed by atoms with E-state index in [2.05, 4.69) is 53.3 Å². The summed E-state index contributed by atoms with van der Waals surface area (Å²) in [5.74, 6) is 0. The molecular formula is C17H19BrN2S. The van der Waals surface area contributed by atoms with E-state index in [-0.39, 0.29) is 0 Å². The van der Waals surface area contributed by atoms with Gasteiger partial charge < -0.3 is 11.1 Å². The molecule has 0 spiro atoms. The quantitative estimate of drug-likeness (QED) is 0.738. The molecule has 0 fully saturated rings. The molecule has 110 valence electrons. The van der Waals surface area contributed by atoms with Crippen LogP contribution in [0.3, 0.4) is 0 Å². The highest BCUT2D eigenvalue weighted by atomic mass is 79.9. The third-order valence-electron chi connectivity index (χ3n) is 3.51. The van der Waals surface area contributed by atoms with E-state index in [1.165, 1.54) is 11.1 Å². The number of benzene rings is 2. The number of rotatable bonds is 5. The summed E-state index contributed by atoms with van der Waals surface area (Å²) in [6.07, 6.45) is 1.96. The standard InChI is InChI=1S/C17H19BrN2S/c1-3-11-6-5-7-12(4-2)16(11)20-15-10-13(18)8-9-14(15)17(19)21/h5-10,20H,3-4H2,1-2H3,(H2,19,21). The van der Waals surface area contributed by atoms with Gasteiger partial charge in [-0.15, -0.1) is 0 Å². The Bertz CT molecular complexity index is 646. The lowest BCUT2D eigenvalue weighted by Crippen LogP contribution is -2.12. The molecule has 2 rings (SSSR count). The molecule has 0 atom stereocenters. The SMILES string of the molecule is CCc1cccc(CC)c1Nc1cc(Br)ccc1C(N)=S. The molecule has 0 aliphatic rings. The van der Waals surface area contributed by atoms with Gasteiger partial charge in [0.25, 0.3) is 0 Å². The van der Waals surface area contributed by atoms with Gasteiger partial charge in [-0.05, 0) is 42.2 Å². The minimum Gasteiger partial charge on any atom is -0.389 e. The van der Waals surface area contributed by atoms with Crippen LogP contribution in [0.2, 0.25) is 0 Å². The Kier molecular flexibility index (Phi) is 5.37. The van der Waals surface area contributed by atoms with Crippen molar-refractivity contribution in [2.24, 2.45) is 5.73 Å². The fourth-order valence-corrected chi connectivity index (χ4v) is 2.91. The van der Waals surface area contributed by atoms with Crippen LogP contribution in [0.15, 0.2) is 40.9 Å². The summed E-state index contributed by atoms with van der Waals surface area (Å²) in [6, 6.07) is 12.3. The van der Waals surface area contributed by atoms with Gasteiger partial charge in [0.05, 0.1) is 0 Å². The second-order valence-electron chi connectivity index (χ2n) is 4.84. The fourth-order valence-electron chi connectivity index (χ4n) is 2.37. The van der Waals surface area contributed by atoms with Crippen molar-refractivity contribution in [1.82, 2.24) is 0 Å². The average Bonchev–Trinajstić information content (AvgIpc) is 2.47. The third-order valence-corrected chi connectivity index (χ3v) is 4.22.